The van der Waals surface area contributed by atoms with E-state index in [2.05, 4.69) is 26.0 Å². The predicted molar refractivity (Wildman–Crippen MR) is 100 cm³/mol. The summed E-state index contributed by atoms with van der Waals surface area (Å²) in [5, 5.41) is -0.0584. The summed E-state index contributed by atoms with van der Waals surface area (Å²) in [6.07, 6.45) is 0. The van der Waals surface area contributed by atoms with Crippen molar-refractivity contribution in [2.75, 3.05) is 18.8 Å². The minimum Gasteiger partial charge on any atom is -0.425 e. The van der Waals surface area contributed by atoms with Crippen molar-refractivity contribution >= 4 is 23.0 Å². The van der Waals surface area contributed by atoms with Gasteiger partial charge in [0.25, 0.3) is 5.24 Å². The Labute approximate surface area is 152 Å². The zero-order valence-electron chi connectivity index (χ0n) is 14.4. The van der Waals surface area contributed by atoms with Crippen molar-refractivity contribution in [1.82, 2.24) is 4.90 Å². The number of carbonyl (C=O) groups is 2. The second kappa shape index (κ2) is 7.31. The summed E-state index contributed by atoms with van der Waals surface area (Å²) in [5.41, 5.74) is 2.23. The molecule has 0 atom stereocenters. The van der Waals surface area contributed by atoms with Crippen LogP contribution in [0.5, 0.6) is 5.75 Å². The number of nitrogens with zero attached hydrogens (tertiary/aromatic N) is 1. The Hall–Kier alpha value is -2.27. The van der Waals surface area contributed by atoms with E-state index >= 15 is 0 Å². The van der Waals surface area contributed by atoms with E-state index in [0.29, 0.717) is 12.3 Å². The molecule has 1 aliphatic heterocycles. The van der Waals surface area contributed by atoms with E-state index in [1.165, 1.54) is 22.2 Å². The van der Waals surface area contributed by atoms with Crippen molar-refractivity contribution in [2.45, 2.75) is 19.3 Å². The van der Waals surface area contributed by atoms with Gasteiger partial charge in [-0.1, -0.05) is 68.1 Å². The van der Waals surface area contributed by atoms with Gasteiger partial charge in [-0.3, -0.25) is 4.79 Å². The van der Waals surface area contributed by atoms with E-state index in [4.69, 9.17) is 4.74 Å². The van der Waals surface area contributed by atoms with Crippen LogP contribution >= 0.6 is 11.8 Å². The first-order valence-corrected chi connectivity index (χ1v) is 9.24. The third-order valence-corrected chi connectivity index (χ3v) is 5.36. The van der Waals surface area contributed by atoms with Gasteiger partial charge in [0.1, 0.15) is 12.3 Å². The van der Waals surface area contributed by atoms with Gasteiger partial charge in [-0.25, -0.2) is 4.79 Å². The highest BCUT2D eigenvalue weighted by Crippen LogP contribution is 2.32. The molecule has 0 aromatic heterocycles. The number of benzene rings is 2. The molecule has 1 heterocycles. The van der Waals surface area contributed by atoms with E-state index < -0.39 is 5.97 Å². The standard InChI is InChI=1S/C20H21NO3S/c1-20(2,15-6-4-3-5-7-15)16-8-10-17(11-9-16)24-18(22)14-21-12-13-25-19(21)23/h3-11H,12-14H2,1-2H3. The largest absolute Gasteiger partial charge is 0.425 e. The first-order valence-electron chi connectivity index (χ1n) is 8.25. The van der Waals surface area contributed by atoms with Gasteiger partial charge in [0, 0.05) is 17.7 Å². The number of amides is 1. The van der Waals surface area contributed by atoms with Crippen LogP contribution in [0.15, 0.2) is 54.6 Å². The Balaban J connectivity index is 1.66. The first kappa shape index (κ1) is 17.5. The van der Waals surface area contributed by atoms with Crippen molar-refractivity contribution in [1.29, 1.82) is 0 Å². The van der Waals surface area contributed by atoms with Crippen LogP contribution in [0.2, 0.25) is 0 Å². The Morgan fingerprint density at radius 2 is 1.72 bits per heavy atom. The van der Waals surface area contributed by atoms with Crippen molar-refractivity contribution < 1.29 is 14.3 Å². The van der Waals surface area contributed by atoms with Gasteiger partial charge in [-0.15, -0.1) is 0 Å². The third kappa shape index (κ3) is 4.04. The van der Waals surface area contributed by atoms with Gasteiger partial charge in [-0.05, 0) is 23.3 Å². The van der Waals surface area contributed by atoms with Gasteiger partial charge in [0.05, 0.1) is 0 Å². The van der Waals surface area contributed by atoms with Crippen LogP contribution in [0.1, 0.15) is 25.0 Å². The number of ether oxygens (including phenoxy) is 1. The number of hydrogen-bond donors (Lipinski definition) is 0. The molecule has 25 heavy (non-hydrogen) atoms. The maximum Gasteiger partial charge on any atom is 0.331 e. The molecule has 2 aromatic rings. The highest BCUT2D eigenvalue weighted by atomic mass is 32.2. The number of thioether (sulfide) groups is 1. The maximum atomic E-state index is 12.0. The van der Waals surface area contributed by atoms with Gasteiger partial charge < -0.3 is 9.64 Å². The Morgan fingerprint density at radius 1 is 1.08 bits per heavy atom. The van der Waals surface area contributed by atoms with Crippen LogP contribution in [-0.4, -0.2) is 35.0 Å². The number of rotatable bonds is 5. The zero-order chi connectivity index (χ0) is 17.9. The lowest BCUT2D eigenvalue weighted by atomic mass is 9.78. The smallest absolute Gasteiger partial charge is 0.331 e. The Morgan fingerprint density at radius 3 is 2.32 bits per heavy atom. The molecular weight excluding hydrogens is 334 g/mol. The molecule has 5 heteroatoms. The SMILES string of the molecule is CC(C)(c1ccccc1)c1ccc(OC(=O)CN2CCSC2=O)cc1. The molecule has 0 spiro atoms. The van der Waals surface area contributed by atoms with Crippen molar-refractivity contribution in [3.05, 3.63) is 65.7 Å². The average molecular weight is 355 g/mol. The molecular formula is C20H21NO3S. The molecule has 0 saturated carbocycles. The summed E-state index contributed by atoms with van der Waals surface area (Å²) in [6, 6.07) is 17.9. The van der Waals surface area contributed by atoms with E-state index in [0.717, 1.165) is 11.3 Å². The number of hydrogen-bond acceptors (Lipinski definition) is 4. The lowest BCUT2D eigenvalue weighted by Crippen LogP contribution is -2.32. The number of esters is 1. The molecule has 0 N–H and O–H groups in total. The summed E-state index contributed by atoms with van der Waals surface area (Å²) >= 11 is 1.24. The van der Waals surface area contributed by atoms with Gasteiger partial charge in [0.2, 0.25) is 0 Å². The molecule has 1 saturated heterocycles. The molecule has 0 radical (unpaired) electrons. The fourth-order valence-electron chi connectivity index (χ4n) is 2.85. The average Bonchev–Trinajstić information content (AvgIpc) is 3.01. The lowest BCUT2D eigenvalue weighted by Gasteiger charge is -2.26. The topological polar surface area (TPSA) is 46.6 Å². The van der Waals surface area contributed by atoms with E-state index in [-0.39, 0.29) is 17.2 Å². The van der Waals surface area contributed by atoms with Crippen LogP contribution in [0.3, 0.4) is 0 Å². The van der Waals surface area contributed by atoms with Crippen LogP contribution in [0, 0.1) is 0 Å². The minimum absolute atomic E-state index is 0.00307. The molecule has 2 aromatic carbocycles. The second-order valence-corrected chi connectivity index (χ2v) is 7.57. The molecule has 3 rings (SSSR count). The van der Waals surface area contributed by atoms with Crippen LogP contribution in [0.4, 0.5) is 4.79 Å². The lowest BCUT2D eigenvalue weighted by molar-refractivity contribution is -0.134. The van der Waals surface area contributed by atoms with E-state index in [1.807, 2.05) is 30.3 Å². The highest BCUT2D eigenvalue weighted by Gasteiger charge is 2.25. The van der Waals surface area contributed by atoms with Crippen molar-refractivity contribution in [2.24, 2.45) is 0 Å². The Bertz CT molecular complexity index is 756. The van der Waals surface area contributed by atoms with Gasteiger partial charge >= 0.3 is 5.97 Å². The van der Waals surface area contributed by atoms with Crippen LogP contribution < -0.4 is 4.74 Å². The van der Waals surface area contributed by atoms with Crippen LogP contribution in [-0.2, 0) is 10.2 Å². The van der Waals surface area contributed by atoms with Crippen molar-refractivity contribution in [3.63, 3.8) is 0 Å². The normalized spacial score (nSPS) is 14.6. The fourth-order valence-corrected chi connectivity index (χ4v) is 3.67. The summed E-state index contributed by atoms with van der Waals surface area (Å²) in [4.78, 5) is 25.0. The monoisotopic (exact) mass is 355 g/mol. The number of carbonyl (C=O) groups excluding carboxylic acids is 2. The minimum atomic E-state index is -0.411. The summed E-state index contributed by atoms with van der Waals surface area (Å²) in [7, 11) is 0. The molecule has 1 amide bonds. The summed E-state index contributed by atoms with van der Waals surface area (Å²) < 4.78 is 5.36. The molecule has 1 aliphatic rings. The van der Waals surface area contributed by atoms with Crippen molar-refractivity contribution in [3.8, 4) is 5.75 Å². The summed E-state index contributed by atoms with van der Waals surface area (Å²) in [5.74, 6) is 0.817. The quantitative estimate of drug-likeness (QED) is 0.599. The third-order valence-electron chi connectivity index (χ3n) is 4.47. The van der Waals surface area contributed by atoms with Crippen LogP contribution in [0.25, 0.3) is 0 Å². The second-order valence-electron chi connectivity index (χ2n) is 6.53. The van der Waals surface area contributed by atoms with Gasteiger partial charge in [-0.2, -0.15) is 0 Å². The maximum absolute atomic E-state index is 12.0. The molecule has 0 unspecified atom stereocenters. The highest BCUT2D eigenvalue weighted by molar-refractivity contribution is 8.13. The fraction of sp³-hybridized carbons (Fsp3) is 0.300. The molecule has 1 fully saturated rings. The van der Waals surface area contributed by atoms with E-state index in [9.17, 15) is 9.59 Å². The summed E-state index contributed by atoms with van der Waals surface area (Å²) in [6.45, 7) is 4.94. The molecule has 130 valence electrons. The van der Waals surface area contributed by atoms with Gasteiger partial charge in [0.15, 0.2) is 0 Å². The zero-order valence-corrected chi connectivity index (χ0v) is 15.2. The Kier molecular flexibility index (Phi) is 5.13. The molecule has 0 aliphatic carbocycles. The molecule has 4 nitrogen and oxygen atoms in total. The first-order chi connectivity index (χ1) is 12.0. The predicted octanol–water partition coefficient (Wildman–Crippen LogP) is 4.09. The van der Waals surface area contributed by atoms with E-state index in [1.54, 1.807) is 12.1 Å². The molecule has 0 bridgehead atoms.